The van der Waals surface area contributed by atoms with Crippen molar-refractivity contribution >= 4 is 13.8 Å². The highest BCUT2D eigenvalue weighted by Crippen LogP contribution is 2.43. The lowest BCUT2D eigenvalue weighted by Gasteiger charge is -2.20. The number of hydrogen-bond donors (Lipinski definition) is 2. The second-order valence-corrected chi connectivity index (χ2v) is 12.5. The molecule has 0 fully saturated rings. The Bertz CT molecular complexity index is 813. The van der Waals surface area contributed by atoms with E-state index >= 15 is 0 Å². The molecule has 0 aliphatic heterocycles. The van der Waals surface area contributed by atoms with Crippen LogP contribution in [0.2, 0.25) is 0 Å². The number of esters is 1. The molecule has 0 rings (SSSR count). The highest BCUT2D eigenvalue weighted by molar-refractivity contribution is 7.47. The van der Waals surface area contributed by atoms with Crippen LogP contribution in [0.1, 0.15) is 129 Å². The zero-order chi connectivity index (χ0) is 32.4. The first kappa shape index (κ1) is 42.5. The van der Waals surface area contributed by atoms with Crippen LogP contribution in [0, 0.1) is 0 Å². The number of unbranched alkanes of at least 4 members (excludes halogenated alkanes) is 11. The molecule has 0 aliphatic rings. The summed E-state index contributed by atoms with van der Waals surface area (Å²) in [5.41, 5.74) is 5.33. The van der Waals surface area contributed by atoms with Gasteiger partial charge >= 0.3 is 13.8 Å². The first-order valence-corrected chi connectivity index (χ1v) is 18.6. The Hall–Kier alpha value is -1.54. The monoisotopic (exact) mass is 641 g/mol. The van der Waals surface area contributed by atoms with Crippen molar-refractivity contribution < 1.29 is 32.8 Å². The molecule has 0 radical (unpaired) electrons. The van der Waals surface area contributed by atoms with Gasteiger partial charge in [0.25, 0.3) is 0 Å². The second kappa shape index (κ2) is 32.8. The SMILES string of the molecule is CC/C=C\C/C=C\C/C=C\C/C=C\CCCCCOCC(COP(=O)(O)OCCN)OC(=O)CCCCCCCCCCC. The molecule has 0 aromatic rings. The van der Waals surface area contributed by atoms with E-state index in [2.05, 4.69) is 62.5 Å². The molecule has 44 heavy (non-hydrogen) atoms. The topological polar surface area (TPSA) is 117 Å². The smallest absolute Gasteiger partial charge is 0.457 e. The quantitative estimate of drug-likeness (QED) is 0.0323. The average Bonchev–Trinajstić information content (AvgIpc) is 3.01. The lowest BCUT2D eigenvalue weighted by molar-refractivity contribution is -0.154. The Labute approximate surface area is 269 Å². The Kier molecular flexibility index (Phi) is 31.7. The summed E-state index contributed by atoms with van der Waals surface area (Å²) in [5, 5.41) is 0. The third kappa shape index (κ3) is 31.9. The van der Waals surface area contributed by atoms with Crippen LogP contribution >= 0.6 is 7.82 Å². The summed E-state index contributed by atoms with van der Waals surface area (Å²) in [7, 11) is -4.27. The van der Waals surface area contributed by atoms with Crippen LogP contribution in [-0.4, -0.2) is 49.9 Å². The van der Waals surface area contributed by atoms with Gasteiger partial charge in [0.05, 0.1) is 19.8 Å². The predicted octanol–water partition coefficient (Wildman–Crippen LogP) is 9.29. The van der Waals surface area contributed by atoms with Gasteiger partial charge in [-0.2, -0.15) is 0 Å². The van der Waals surface area contributed by atoms with E-state index in [9.17, 15) is 14.3 Å². The Morgan fingerprint density at radius 3 is 1.89 bits per heavy atom. The molecule has 0 saturated heterocycles. The van der Waals surface area contributed by atoms with Crippen LogP contribution in [-0.2, 0) is 27.9 Å². The summed E-state index contributed by atoms with van der Waals surface area (Å²) < 4.78 is 33.1. The van der Waals surface area contributed by atoms with Gasteiger partial charge < -0.3 is 20.1 Å². The molecule has 256 valence electrons. The molecule has 0 aliphatic carbocycles. The Morgan fingerprint density at radius 1 is 0.705 bits per heavy atom. The van der Waals surface area contributed by atoms with Crippen molar-refractivity contribution in [1.29, 1.82) is 0 Å². The molecule has 0 aromatic heterocycles. The number of phosphoric acid groups is 1. The molecule has 0 amide bonds. The molecule has 2 unspecified atom stereocenters. The summed E-state index contributed by atoms with van der Waals surface area (Å²) in [6, 6.07) is 0. The molecule has 0 heterocycles. The standard InChI is InChI=1S/C35H64NO7P/c1-3-5-7-9-11-13-14-15-16-17-18-19-21-23-25-27-30-40-32-34(33-42-44(38,39)41-31-29-36)43-35(37)28-26-24-22-20-12-10-8-6-4-2/h5,7,11,13,15-16,18-19,34H,3-4,6,8-10,12,14,17,20-33,36H2,1-2H3,(H,38,39)/b7-5-,13-11-,16-15-,19-18-. The van der Waals surface area contributed by atoms with Crippen LogP contribution in [0.3, 0.4) is 0 Å². The fourth-order valence-corrected chi connectivity index (χ4v) is 5.04. The zero-order valence-corrected chi connectivity index (χ0v) is 28.8. The van der Waals surface area contributed by atoms with Gasteiger partial charge in [-0.3, -0.25) is 13.8 Å². The lowest BCUT2D eigenvalue weighted by Crippen LogP contribution is -2.28. The van der Waals surface area contributed by atoms with E-state index in [4.69, 9.17) is 24.3 Å². The van der Waals surface area contributed by atoms with Gasteiger partial charge in [-0.25, -0.2) is 4.57 Å². The van der Waals surface area contributed by atoms with Crippen molar-refractivity contribution in [3.8, 4) is 0 Å². The van der Waals surface area contributed by atoms with E-state index in [-0.39, 0.29) is 32.3 Å². The minimum absolute atomic E-state index is 0.0937. The van der Waals surface area contributed by atoms with E-state index in [1.54, 1.807) is 0 Å². The van der Waals surface area contributed by atoms with Crippen molar-refractivity contribution in [2.45, 2.75) is 136 Å². The molecule has 0 aromatic carbocycles. The highest BCUT2D eigenvalue weighted by atomic mass is 31.2. The molecule has 9 heteroatoms. The molecular weight excluding hydrogens is 577 g/mol. The van der Waals surface area contributed by atoms with Gasteiger partial charge in [-0.15, -0.1) is 0 Å². The molecule has 0 spiro atoms. The minimum atomic E-state index is -4.27. The van der Waals surface area contributed by atoms with Crippen LogP contribution < -0.4 is 5.73 Å². The first-order valence-electron chi connectivity index (χ1n) is 17.1. The lowest BCUT2D eigenvalue weighted by atomic mass is 10.1. The van der Waals surface area contributed by atoms with Gasteiger partial charge in [0.1, 0.15) is 6.10 Å². The van der Waals surface area contributed by atoms with E-state index in [1.807, 2.05) is 0 Å². The number of allylic oxidation sites excluding steroid dienone is 8. The summed E-state index contributed by atoms with van der Waals surface area (Å²) in [6.07, 6.45) is 35.6. The number of phosphoric ester groups is 1. The van der Waals surface area contributed by atoms with E-state index < -0.39 is 13.9 Å². The van der Waals surface area contributed by atoms with E-state index in [0.29, 0.717) is 13.0 Å². The van der Waals surface area contributed by atoms with Crippen LogP contribution in [0.5, 0.6) is 0 Å². The van der Waals surface area contributed by atoms with Gasteiger partial charge in [-0.05, 0) is 51.4 Å². The van der Waals surface area contributed by atoms with E-state index in [0.717, 1.165) is 70.6 Å². The van der Waals surface area contributed by atoms with E-state index in [1.165, 1.54) is 38.5 Å². The Morgan fingerprint density at radius 2 is 1.27 bits per heavy atom. The average molecular weight is 642 g/mol. The summed E-state index contributed by atoms with van der Waals surface area (Å²) in [6.45, 7) is 4.68. The Balaban J connectivity index is 4.19. The number of nitrogens with two attached hydrogens (primary N) is 1. The fourth-order valence-electron chi connectivity index (χ4n) is 4.28. The molecule has 0 saturated carbocycles. The zero-order valence-electron chi connectivity index (χ0n) is 27.9. The van der Waals surface area contributed by atoms with Crippen LogP contribution in [0.4, 0.5) is 0 Å². The van der Waals surface area contributed by atoms with Crippen molar-refractivity contribution in [3.05, 3.63) is 48.6 Å². The van der Waals surface area contributed by atoms with Crippen LogP contribution in [0.25, 0.3) is 0 Å². The van der Waals surface area contributed by atoms with Gasteiger partial charge in [0, 0.05) is 19.6 Å². The maximum atomic E-state index is 12.4. The third-order valence-corrected chi connectivity index (χ3v) is 7.74. The number of carbonyl (C=O) groups excluding carboxylic acids is 1. The fraction of sp³-hybridized carbons (Fsp3) is 0.743. The maximum Gasteiger partial charge on any atom is 0.472 e. The molecule has 3 N–H and O–H groups in total. The summed E-state index contributed by atoms with van der Waals surface area (Å²) >= 11 is 0. The minimum Gasteiger partial charge on any atom is -0.457 e. The summed E-state index contributed by atoms with van der Waals surface area (Å²) in [5.74, 6) is -0.348. The summed E-state index contributed by atoms with van der Waals surface area (Å²) in [4.78, 5) is 22.2. The van der Waals surface area contributed by atoms with Gasteiger partial charge in [0.15, 0.2) is 0 Å². The van der Waals surface area contributed by atoms with Gasteiger partial charge in [-0.1, -0.05) is 120 Å². The third-order valence-electron chi connectivity index (χ3n) is 6.76. The highest BCUT2D eigenvalue weighted by Gasteiger charge is 2.25. The normalized spacial score (nSPS) is 14.4. The second-order valence-electron chi connectivity index (χ2n) is 11.0. The largest absolute Gasteiger partial charge is 0.472 e. The van der Waals surface area contributed by atoms with Crippen molar-refractivity contribution in [2.75, 3.05) is 33.0 Å². The molecule has 8 nitrogen and oxygen atoms in total. The number of ether oxygens (including phenoxy) is 2. The van der Waals surface area contributed by atoms with Crippen molar-refractivity contribution in [2.24, 2.45) is 5.73 Å². The number of rotatable bonds is 32. The maximum absolute atomic E-state index is 12.4. The van der Waals surface area contributed by atoms with Gasteiger partial charge in [0.2, 0.25) is 0 Å². The van der Waals surface area contributed by atoms with Crippen LogP contribution in [0.15, 0.2) is 48.6 Å². The molecule has 2 atom stereocenters. The first-order chi connectivity index (χ1) is 21.4. The molecule has 0 bridgehead atoms. The molecular formula is C35H64NO7P. The van der Waals surface area contributed by atoms with Crippen molar-refractivity contribution in [1.82, 2.24) is 0 Å². The van der Waals surface area contributed by atoms with Crippen molar-refractivity contribution in [3.63, 3.8) is 0 Å². The number of hydrogen-bond acceptors (Lipinski definition) is 7. The predicted molar refractivity (Wildman–Crippen MR) is 182 cm³/mol. The number of carbonyl (C=O) groups is 1.